The topological polar surface area (TPSA) is 105 Å². The highest BCUT2D eigenvalue weighted by Crippen LogP contribution is 2.25. The first-order valence-corrected chi connectivity index (χ1v) is 6.41. The van der Waals surface area contributed by atoms with E-state index in [1.54, 1.807) is 26.8 Å². The van der Waals surface area contributed by atoms with Crippen LogP contribution >= 0.6 is 0 Å². The van der Waals surface area contributed by atoms with Gasteiger partial charge >= 0.3 is 6.09 Å². The second-order valence-corrected chi connectivity index (χ2v) is 5.61. The number of hydrogen-bond donors (Lipinski definition) is 4. The molecule has 1 amide bonds. The summed E-state index contributed by atoms with van der Waals surface area (Å²) < 4.78 is 5.16. The number of nitrogens with two attached hydrogens (primary N) is 1. The minimum atomic E-state index is -0.569. The molecule has 0 aromatic heterocycles. The minimum Gasteiger partial charge on any atom is -0.504 e. The zero-order chi connectivity index (χ0) is 15.3. The van der Waals surface area contributed by atoms with Gasteiger partial charge in [0.2, 0.25) is 0 Å². The molecule has 0 fully saturated rings. The molecule has 0 bridgehead atoms. The van der Waals surface area contributed by atoms with E-state index in [9.17, 15) is 15.0 Å². The molecular weight excluding hydrogens is 260 g/mol. The third-order valence-corrected chi connectivity index (χ3v) is 2.53. The minimum absolute atomic E-state index is 0.182. The average Bonchev–Trinajstić information content (AvgIpc) is 2.30. The van der Waals surface area contributed by atoms with E-state index in [-0.39, 0.29) is 24.1 Å². The van der Waals surface area contributed by atoms with Gasteiger partial charge in [-0.05, 0) is 44.9 Å². The maximum absolute atomic E-state index is 11.7. The van der Waals surface area contributed by atoms with E-state index in [1.165, 1.54) is 12.1 Å². The van der Waals surface area contributed by atoms with E-state index < -0.39 is 11.7 Å². The lowest BCUT2D eigenvalue weighted by molar-refractivity contribution is 0.0506. The number of aromatic hydroxyl groups is 2. The molecule has 1 unspecified atom stereocenters. The van der Waals surface area contributed by atoms with Crippen LogP contribution in [0.15, 0.2) is 18.2 Å². The van der Waals surface area contributed by atoms with Gasteiger partial charge in [0.15, 0.2) is 11.5 Å². The molecule has 0 aliphatic carbocycles. The number of amides is 1. The van der Waals surface area contributed by atoms with Crippen LogP contribution in [0.4, 0.5) is 4.79 Å². The maximum Gasteiger partial charge on any atom is 0.407 e. The summed E-state index contributed by atoms with van der Waals surface area (Å²) in [6.45, 7) is 5.58. The van der Waals surface area contributed by atoms with Crippen LogP contribution in [0.2, 0.25) is 0 Å². The zero-order valence-electron chi connectivity index (χ0n) is 12.0. The number of rotatable bonds is 4. The fraction of sp³-hybridized carbons (Fsp3) is 0.500. The number of carbonyl (C=O) groups excluding carboxylic acids is 1. The molecule has 0 aliphatic heterocycles. The first kappa shape index (κ1) is 16.1. The van der Waals surface area contributed by atoms with Crippen molar-refractivity contribution in [3.05, 3.63) is 23.8 Å². The smallest absolute Gasteiger partial charge is 0.407 e. The monoisotopic (exact) mass is 282 g/mol. The summed E-state index contributed by atoms with van der Waals surface area (Å²) in [6.07, 6.45) is -0.0974. The van der Waals surface area contributed by atoms with Crippen LogP contribution in [0, 0.1) is 0 Å². The largest absolute Gasteiger partial charge is 0.504 e. The van der Waals surface area contributed by atoms with Gasteiger partial charge < -0.3 is 26.0 Å². The van der Waals surface area contributed by atoms with Gasteiger partial charge in [0, 0.05) is 12.6 Å². The Morgan fingerprint density at radius 1 is 1.35 bits per heavy atom. The molecule has 0 saturated heterocycles. The van der Waals surface area contributed by atoms with Crippen LogP contribution in [-0.2, 0) is 11.2 Å². The number of phenolic OH excluding ortho intramolecular Hbond substituents is 2. The van der Waals surface area contributed by atoms with Crippen molar-refractivity contribution in [3.8, 4) is 11.5 Å². The Kier molecular flexibility index (Phi) is 5.21. The van der Waals surface area contributed by atoms with E-state index in [0.29, 0.717) is 6.42 Å². The van der Waals surface area contributed by atoms with Crippen molar-refractivity contribution >= 4 is 6.09 Å². The van der Waals surface area contributed by atoms with Crippen molar-refractivity contribution in [1.29, 1.82) is 0 Å². The second-order valence-electron chi connectivity index (χ2n) is 5.61. The van der Waals surface area contributed by atoms with Crippen molar-refractivity contribution < 1.29 is 19.7 Å². The summed E-state index contributed by atoms with van der Waals surface area (Å²) in [7, 11) is 0. The fourth-order valence-corrected chi connectivity index (χ4v) is 1.65. The number of ether oxygens (including phenoxy) is 1. The Morgan fingerprint density at radius 3 is 2.50 bits per heavy atom. The van der Waals surface area contributed by atoms with Gasteiger partial charge in [-0.15, -0.1) is 0 Å². The molecule has 6 nitrogen and oxygen atoms in total. The Balaban J connectivity index is 2.63. The van der Waals surface area contributed by atoms with Crippen LogP contribution in [0.1, 0.15) is 26.3 Å². The number of hydrogen-bond acceptors (Lipinski definition) is 5. The molecule has 1 rings (SSSR count). The quantitative estimate of drug-likeness (QED) is 0.626. The van der Waals surface area contributed by atoms with Gasteiger partial charge in [0.05, 0.1) is 0 Å². The molecule has 1 aromatic rings. The Hall–Kier alpha value is -1.95. The highest BCUT2D eigenvalue weighted by atomic mass is 16.6. The van der Waals surface area contributed by atoms with E-state index in [4.69, 9.17) is 10.5 Å². The van der Waals surface area contributed by atoms with E-state index in [1.807, 2.05) is 0 Å². The predicted octanol–water partition coefficient (Wildman–Crippen LogP) is 1.49. The summed E-state index contributed by atoms with van der Waals surface area (Å²) in [4.78, 5) is 11.7. The number of alkyl carbamates (subject to hydrolysis) is 1. The summed E-state index contributed by atoms with van der Waals surface area (Å²) in [6, 6.07) is 4.18. The molecule has 0 heterocycles. The third-order valence-electron chi connectivity index (χ3n) is 2.53. The standard InChI is InChI=1S/C14H22N2O4/c1-14(2,3)20-13(19)16-10(8-15)6-9-4-5-11(17)12(18)7-9/h4-5,7,10,17-18H,6,8,15H2,1-3H3,(H,16,19). The van der Waals surface area contributed by atoms with Gasteiger partial charge in [0.25, 0.3) is 0 Å². The van der Waals surface area contributed by atoms with Crippen molar-refractivity contribution in [2.24, 2.45) is 5.73 Å². The molecule has 0 radical (unpaired) electrons. The van der Waals surface area contributed by atoms with E-state index >= 15 is 0 Å². The molecule has 1 aromatic carbocycles. The SMILES string of the molecule is CC(C)(C)OC(=O)NC(CN)Cc1ccc(O)c(O)c1. The highest BCUT2D eigenvalue weighted by Gasteiger charge is 2.19. The van der Waals surface area contributed by atoms with Gasteiger partial charge in [-0.3, -0.25) is 0 Å². The molecule has 112 valence electrons. The summed E-state index contributed by atoms with van der Waals surface area (Å²) in [5.74, 6) is -0.381. The van der Waals surface area contributed by atoms with E-state index in [0.717, 1.165) is 5.56 Å². The average molecular weight is 282 g/mol. The Bertz CT molecular complexity index is 469. The van der Waals surface area contributed by atoms with E-state index in [2.05, 4.69) is 5.32 Å². The second kappa shape index (κ2) is 6.47. The van der Waals surface area contributed by atoms with Gasteiger partial charge in [-0.25, -0.2) is 4.79 Å². The first-order valence-electron chi connectivity index (χ1n) is 6.41. The lowest BCUT2D eigenvalue weighted by Crippen LogP contribution is -2.44. The summed E-state index contributed by atoms with van der Waals surface area (Å²) >= 11 is 0. The van der Waals surface area contributed by atoms with Crippen LogP contribution in [-0.4, -0.2) is 34.5 Å². The molecular formula is C14H22N2O4. The highest BCUT2D eigenvalue weighted by molar-refractivity contribution is 5.68. The zero-order valence-corrected chi connectivity index (χ0v) is 12.0. The molecule has 1 atom stereocenters. The van der Waals surface area contributed by atoms with Crippen LogP contribution < -0.4 is 11.1 Å². The molecule has 20 heavy (non-hydrogen) atoms. The lowest BCUT2D eigenvalue weighted by Gasteiger charge is -2.23. The fourth-order valence-electron chi connectivity index (χ4n) is 1.65. The van der Waals surface area contributed by atoms with Crippen molar-refractivity contribution in [2.45, 2.75) is 38.8 Å². The lowest BCUT2D eigenvalue weighted by atomic mass is 10.1. The number of carbonyl (C=O) groups is 1. The molecule has 0 saturated carbocycles. The van der Waals surface area contributed by atoms with Crippen LogP contribution in [0.3, 0.4) is 0 Å². The van der Waals surface area contributed by atoms with Crippen LogP contribution in [0.25, 0.3) is 0 Å². The van der Waals surface area contributed by atoms with Gasteiger partial charge in [-0.1, -0.05) is 6.07 Å². The third kappa shape index (κ3) is 5.36. The number of phenols is 2. The van der Waals surface area contributed by atoms with Crippen molar-refractivity contribution in [3.63, 3.8) is 0 Å². The Labute approximate surface area is 118 Å². The van der Waals surface area contributed by atoms with Crippen LogP contribution in [0.5, 0.6) is 11.5 Å². The normalized spacial score (nSPS) is 12.8. The molecule has 0 spiro atoms. The molecule has 6 heteroatoms. The number of nitrogens with one attached hydrogen (secondary N) is 1. The van der Waals surface area contributed by atoms with Gasteiger partial charge in [0.1, 0.15) is 5.60 Å². The maximum atomic E-state index is 11.7. The molecule has 0 aliphatic rings. The summed E-state index contributed by atoms with van der Waals surface area (Å²) in [5, 5.41) is 21.3. The van der Waals surface area contributed by atoms with Crippen molar-refractivity contribution in [2.75, 3.05) is 6.54 Å². The predicted molar refractivity (Wildman–Crippen MR) is 75.7 cm³/mol. The summed E-state index contributed by atoms with van der Waals surface area (Å²) in [5.41, 5.74) is 5.81. The Morgan fingerprint density at radius 2 is 2.00 bits per heavy atom. The van der Waals surface area contributed by atoms with Crippen molar-refractivity contribution in [1.82, 2.24) is 5.32 Å². The first-order chi connectivity index (χ1) is 9.21. The number of benzene rings is 1. The molecule has 5 N–H and O–H groups in total. The van der Waals surface area contributed by atoms with Gasteiger partial charge in [-0.2, -0.15) is 0 Å².